The highest BCUT2D eigenvalue weighted by Crippen LogP contribution is 2.14. The minimum Gasteiger partial charge on any atom is -0.494 e. The molecule has 0 aliphatic heterocycles. The minimum absolute atomic E-state index is 0.388. The fraction of sp³-hybridized carbons (Fsp3) is 0.500. The standard InChI is InChI=1S/C16H23NO4/c1-3-5-9-14(16(19)20)17-15(18)12-7-6-8-13(11-12)21-10-4-2/h6-8,11,14H,3-5,9-10H2,1-2H3,(H,17,18)(H,19,20). The predicted octanol–water partition coefficient (Wildman–Crippen LogP) is 2.85. The number of unbranched alkanes of at least 4 members (excludes halogenated alkanes) is 1. The van der Waals surface area contributed by atoms with E-state index >= 15 is 0 Å². The largest absolute Gasteiger partial charge is 0.494 e. The molecular formula is C16H23NO4. The van der Waals surface area contributed by atoms with Crippen LogP contribution in [-0.2, 0) is 4.79 Å². The highest BCUT2D eigenvalue weighted by atomic mass is 16.5. The van der Waals surface area contributed by atoms with Gasteiger partial charge in [-0.3, -0.25) is 4.79 Å². The summed E-state index contributed by atoms with van der Waals surface area (Å²) >= 11 is 0. The molecule has 1 amide bonds. The van der Waals surface area contributed by atoms with Gasteiger partial charge in [0.05, 0.1) is 6.61 Å². The van der Waals surface area contributed by atoms with E-state index in [-0.39, 0.29) is 5.91 Å². The van der Waals surface area contributed by atoms with Crippen molar-refractivity contribution in [2.24, 2.45) is 0 Å². The van der Waals surface area contributed by atoms with Crippen molar-refractivity contribution in [1.29, 1.82) is 0 Å². The van der Waals surface area contributed by atoms with Crippen LogP contribution in [-0.4, -0.2) is 29.6 Å². The van der Waals surface area contributed by atoms with Crippen LogP contribution in [0.1, 0.15) is 49.9 Å². The quantitative estimate of drug-likeness (QED) is 0.734. The molecule has 1 aromatic carbocycles. The Labute approximate surface area is 125 Å². The van der Waals surface area contributed by atoms with Gasteiger partial charge in [-0.2, -0.15) is 0 Å². The number of benzene rings is 1. The maximum absolute atomic E-state index is 12.1. The van der Waals surface area contributed by atoms with E-state index < -0.39 is 12.0 Å². The van der Waals surface area contributed by atoms with Crippen LogP contribution >= 0.6 is 0 Å². The normalized spacial score (nSPS) is 11.7. The van der Waals surface area contributed by atoms with Gasteiger partial charge in [0.2, 0.25) is 0 Å². The first-order valence-corrected chi connectivity index (χ1v) is 7.35. The third kappa shape index (κ3) is 5.85. The second-order valence-electron chi connectivity index (χ2n) is 4.88. The zero-order valence-corrected chi connectivity index (χ0v) is 12.6. The van der Waals surface area contributed by atoms with Gasteiger partial charge in [-0.15, -0.1) is 0 Å². The van der Waals surface area contributed by atoms with Gasteiger partial charge in [-0.05, 0) is 31.0 Å². The van der Waals surface area contributed by atoms with Gasteiger partial charge in [0, 0.05) is 5.56 Å². The molecule has 5 heteroatoms. The number of rotatable bonds is 9. The number of ether oxygens (including phenoxy) is 1. The van der Waals surface area contributed by atoms with Gasteiger partial charge in [-0.25, -0.2) is 4.79 Å². The van der Waals surface area contributed by atoms with Gasteiger partial charge in [0.25, 0.3) is 5.91 Å². The lowest BCUT2D eigenvalue weighted by Crippen LogP contribution is -2.40. The van der Waals surface area contributed by atoms with Crippen LogP contribution < -0.4 is 10.1 Å². The topological polar surface area (TPSA) is 75.6 Å². The smallest absolute Gasteiger partial charge is 0.326 e. The Hall–Kier alpha value is -2.04. The van der Waals surface area contributed by atoms with Crippen molar-refractivity contribution >= 4 is 11.9 Å². The molecule has 0 aromatic heterocycles. The van der Waals surface area contributed by atoms with Crippen molar-refractivity contribution in [2.75, 3.05) is 6.61 Å². The van der Waals surface area contributed by atoms with E-state index in [1.54, 1.807) is 24.3 Å². The molecule has 21 heavy (non-hydrogen) atoms. The van der Waals surface area contributed by atoms with E-state index in [2.05, 4.69) is 5.32 Å². The second kappa shape index (κ2) is 9.00. The molecular weight excluding hydrogens is 270 g/mol. The average Bonchev–Trinajstić information content (AvgIpc) is 2.49. The molecule has 0 radical (unpaired) electrons. The molecule has 0 aliphatic carbocycles. The number of aliphatic carboxylic acids is 1. The van der Waals surface area contributed by atoms with Crippen molar-refractivity contribution < 1.29 is 19.4 Å². The first kappa shape index (κ1) is 17.0. The molecule has 1 atom stereocenters. The van der Waals surface area contributed by atoms with Crippen LogP contribution in [0.15, 0.2) is 24.3 Å². The molecule has 0 aliphatic rings. The summed E-state index contributed by atoms with van der Waals surface area (Å²) in [7, 11) is 0. The highest BCUT2D eigenvalue weighted by molar-refractivity contribution is 5.96. The molecule has 0 heterocycles. The average molecular weight is 293 g/mol. The van der Waals surface area contributed by atoms with Crippen LogP contribution in [0.2, 0.25) is 0 Å². The van der Waals surface area contributed by atoms with E-state index in [9.17, 15) is 9.59 Å². The van der Waals surface area contributed by atoms with Crippen LogP contribution in [0, 0.1) is 0 Å². The molecule has 2 N–H and O–H groups in total. The minimum atomic E-state index is -1.00. The van der Waals surface area contributed by atoms with Crippen LogP contribution in [0.3, 0.4) is 0 Å². The number of carbonyl (C=O) groups is 2. The Morgan fingerprint density at radius 3 is 2.67 bits per heavy atom. The fourth-order valence-electron chi connectivity index (χ4n) is 1.85. The maximum Gasteiger partial charge on any atom is 0.326 e. The Balaban J connectivity index is 2.70. The zero-order chi connectivity index (χ0) is 15.7. The van der Waals surface area contributed by atoms with Gasteiger partial charge in [-0.1, -0.05) is 32.8 Å². The molecule has 0 saturated carbocycles. The van der Waals surface area contributed by atoms with Crippen LogP contribution in [0.5, 0.6) is 5.75 Å². The monoisotopic (exact) mass is 293 g/mol. The Morgan fingerprint density at radius 1 is 1.29 bits per heavy atom. The van der Waals surface area contributed by atoms with Crippen LogP contribution in [0.25, 0.3) is 0 Å². The first-order valence-electron chi connectivity index (χ1n) is 7.35. The first-order chi connectivity index (χ1) is 10.1. The predicted molar refractivity (Wildman–Crippen MR) is 80.6 cm³/mol. The number of carboxylic acids is 1. The van der Waals surface area contributed by atoms with E-state index in [1.165, 1.54) is 0 Å². The second-order valence-corrected chi connectivity index (χ2v) is 4.88. The summed E-state index contributed by atoms with van der Waals surface area (Å²) in [5.41, 5.74) is 0.409. The van der Waals surface area contributed by atoms with Crippen molar-refractivity contribution in [3.63, 3.8) is 0 Å². The summed E-state index contributed by atoms with van der Waals surface area (Å²) in [6, 6.07) is 5.92. The third-order valence-corrected chi connectivity index (χ3v) is 3.02. The van der Waals surface area contributed by atoms with Crippen LogP contribution in [0.4, 0.5) is 0 Å². The lowest BCUT2D eigenvalue weighted by atomic mass is 10.1. The molecule has 1 aromatic rings. The Bertz CT molecular complexity index is 473. The van der Waals surface area contributed by atoms with Gasteiger partial charge < -0.3 is 15.2 Å². The Kier molecular flexibility index (Phi) is 7.29. The zero-order valence-electron chi connectivity index (χ0n) is 12.6. The maximum atomic E-state index is 12.1. The van der Waals surface area contributed by atoms with Crippen molar-refractivity contribution in [2.45, 2.75) is 45.6 Å². The number of hydrogen-bond donors (Lipinski definition) is 2. The van der Waals surface area contributed by atoms with Crippen molar-refractivity contribution in [3.8, 4) is 5.75 Å². The number of carboxylic acid groups (broad SMARTS) is 1. The van der Waals surface area contributed by atoms with Gasteiger partial charge in [0.15, 0.2) is 0 Å². The van der Waals surface area contributed by atoms with E-state index in [0.717, 1.165) is 19.3 Å². The molecule has 1 unspecified atom stereocenters. The van der Waals surface area contributed by atoms with E-state index in [0.29, 0.717) is 24.3 Å². The molecule has 0 saturated heterocycles. The lowest BCUT2D eigenvalue weighted by molar-refractivity contribution is -0.139. The Morgan fingerprint density at radius 2 is 2.05 bits per heavy atom. The van der Waals surface area contributed by atoms with Gasteiger partial charge >= 0.3 is 5.97 Å². The molecule has 0 fully saturated rings. The number of hydrogen-bond acceptors (Lipinski definition) is 3. The number of carbonyl (C=O) groups excluding carboxylic acids is 1. The fourth-order valence-corrected chi connectivity index (χ4v) is 1.85. The summed E-state index contributed by atoms with van der Waals surface area (Å²) in [5.74, 6) is -0.777. The number of amides is 1. The van der Waals surface area contributed by atoms with Crippen molar-refractivity contribution in [3.05, 3.63) is 29.8 Å². The summed E-state index contributed by atoms with van der Waals surface area (Å²) in [6.07, 6.45) is 2.97. The summed E-state index contributed by atoms with van der Waals surface area (Å²) < 4.78 is 5.47. The molecule has 0 spiro atoms. The molecule has 1 rings (SSSR count). The van der Waals surface area contributed by atoms with E-state index in [4.69, 9.17) is 9.84 Å². The summed E-state index contributed by atoms with van der Waals surface area (Å²) in [6.45, 7) is 4.57. The SMILES string of the molecule is CCCCC(NC(=O)c1cccc(OCCC)c1)C(=O)O. The molecule has 5 nitrogen and oxygen atoms in total. The lowest BCUT2D eigenvalue weighted by Gasteiger charge is -2.14. The van der Waals surface area contributed by atoms with Crippen molar-refractivity contribution in [1.82, 2.24) is 5.32 Å². The molecule has 116 valence electrons. The summed E-state index contributed by atoms with van der Waals surface area (Å²) in [4.78, 5) is 23.3. The van der Waals surface area contributed by atoms with Gasteiger partial charge in [0.1, 0.15) is 11.8 Å². The third-order valence-electron chi connectivity index (χ3n) is 3.02. The van der Waals surface area contributed by atoms with E-state index in [1.807, 2.05) is 13.8 Å². The number of nitrogens with one attached hydrogen (secondary N) is 1. The summed E-state index contributed by atoms with van der Waals surface area (Å²) in [5, 5.41) is 11.7. The molecule has 0 bridgehead atoms. The highest BCUT2D eigenvalue weighted by Gasteiger charge is 2.20.